The summed E-state index contributed by atoms with van der Waals surface area (Å²) in [5.41, 5.74) is 1.23. The molecule has 0 amide bonds. The van der Waals surface area contributed by atoms with E-state index in [0.29, 0.717) is 6.10 Å². The Morgan fingerprint density at radius 2 is 1.96 bits per heavy atom. The molecule has 1 fully saturated rings. The number of benzene rings is 1. The highest BCUT2D eigenvalue weighted by Crippen LogP contribution is 2.14. The van der Waals surface area contributed by atoms with Crippen molar-refractivity contribution in [2.75, 3.05) is 65.0 Å². The maximum absolute atomic E-state index is 5.96. The van der Waals surface area contributed by atoms with E-state index in [0.717, 1.165) is 71.2 Å². The molecule has 0 radical (unpaired) electrons. The zero-order chi connectivity index (χ0) is 19.3. The molecule has 1 saturated heterocycles. The number of hydrogen-bond donors (Lipinski definition) is 1. The average Bonchev–Trinajstić information content (AvgIpc) is 2.71. The van der Waals surface area contributed by atoms with Crippen molar-refractivity contribution in [1.82, 2.24) is 10.2 Å². The molecular weight excluding hydrogens is 340 g/mol. The molecule has 1 heterocycles. The molecule has 152 valence electrons. The summed E-state index contributed by atoms with van der Waals surface area (Å²) in [6.45, 7) is 8.24. The van der Waals surface area contributed by atoms with E-state index in [1.807, 2.05) is 6.07 Å². The predicted octanol–water partition coefficient (Wildman–Crippen LogP) is 2.61. The maximum Gasteiger partial charge on any atom is 0.193 e. The lowest BCUT2D eigenvalue weighted by molar-refractivity contribution is 0.00991. The summed E-state index contributed by atoms with van der Waals surface area (Å²) in [5, 5.41) is 3.44. The van der Waals surface area contributed by atoms with Crippen LogP contribution in [0.15, 0.2) is 35.3 Å². The highest BCUT2D eigenvalue weighted by atomic mass is 16.5. The number of ether oxygens (including phenoxy) is 2. The summed E-state index contributed by atoms with van der Waals surface area (Å²) in [6, 6.07) is 10.4. The van der Waals surface area contributed by atoms with Gasteiger partial charge < -0.3 is 24.6 Å². The number of methoxy groups -OCH3 is 1. The minimum Gasteiger partial charge on any atom is -0.385 e. The largest absolute Gasteiger partial charge is 0.385 e. The minimum absolute atomic E-state index is 0.366. The first-order valence-corrected chi connectivity index (χ1v) is 10.1. The molecule has 1 aromatic rings. The summed E-state index contributed by atoms with van der Waals surface area (Å²) in [7, 11) is 3.85. The average molecular weight is 377 g/mol. The van der Waals surface area contributed by atoms with Crippen molar-refractivity contribution in [2.24, 2.45) is 4.99 Å². The smallest absolute Gasteiger partial charge is 0.193 e. The van der Waals surface area contributed by atoms with Crippen LogP contribution in [0.25, 0.3) is 0 Å². The number of nitrogens with one attached hydrogen (secondary N) is 1. The number of nitrogens with zero attached hydrogens (tertiary/aromatic N) is 3. The van der Waals surface area contributed by atoms with Crippen molar-refractivity contribution in [3.63, 3.8) is 0 Å². The standard InChI is InChI=1S/C21H36N4O2/c1-4-22-21(23-13-16-24(2)19-9-6-5-7-10-19)25-14-11-20(12-15-25)27-18-8-17-26-3/h5-7,9-10,20H,4,8,11-18H2,1-3H3,(H,22,23). The first-order chi connectivity index (χ1) is 13.2. The van der Waals surface area contributed by atoms with Crippen LogP contribution < -0.4 is 10.2 Å². The predicted molar refractivity (Wildman–Crippen MR) is 113 cm³/mol. The molecule has 0 bridgehead atoms. The molecule has 6 heteroatoms. The topological polar surface area (TPSA) is 49.3 Å². The zero-order valence-corrected chi connectivity index (χ0v) is 17.2. The number of aliphatic imine (C=N–C) groups is 1. The van der Waals surface area contributed by atoms with Crippen LogP contribution in [0.4, 0.5) is 5.69 Å². The molecule has 27 heavy (non-hydrogen) atoms. The number of hydrogen-bond acceptors (Lipinski definition) is 4. The van der Waals surface area contributed by atoms with E-state index in [4.69, 9.17) is 14.5 Å². The highest BCUT2D eigenvalue weighted by Gasteiger charge is 2.21. The van der Waals surface area contributed by atoms with Crippen LogP contribution in [0.5, 0.6) is 0 Å². The Hall–Kier alpha value is -1.79. The molecule has 0 spiro atoms. The van der Waals surface area contributed by atoms with Crippen molar-refractivity contribution >= 4 is 11.6 Å². The van der Waals surface area contributed by atoms with Crippen molar-refractivity contribution in [2.45, 2.75) is 32.3 Å². The van der Waals surface area contributed by atoms with Gasteiger partial charge in [-0.25, -0.2) is 0 Å². The molecule has 1 aliphatic rings. The number of anilines is 1. The third-order valence-corrected chi connectivity index (χ3v) is 4.82. The van der Waals surface area contributed by atoms with Crippen LogP contribution in [0.2, 0.25) is 0 Å². The fourth-order valence-electron chi connectivity index (χ4n) is 3.23. The molecule has 2 rings (SSSR count). The molecular formula is C21H36N4O2. The number of para-hydroxylation sites is 1. The van der Waals surface area contributed by atoms with Gasteiger partial charge >= 0.3 is 0 Å². The van der Waals surface area contributed by atoms with E-state index in [1.165, 1.54) is 5.69 Å². The lowest BCUT2D eigenvalue weighted by atomic mass is 10.1. The van der Waals surface area contributed by atoms with Crippen LogP contribution in [0, 0.1) is 0 Å². The maximum atomic E-state index is 5.96. The number of likely N-dealkylation sites (N-methyl/N-ethyl adjacent to an activating group) is 1. The number of rotatable bonds is 10. The minimum atomic E-state index is 0.366. The summed E-state index contributed by atoms with van der Waals surface area (Å²) in [4.78, 5) is 9.45. The van der Waals surface area contributed by atoms with Gasteiger partial charge in [-0.1, -0.05) is 18.2 Å². The Bertz CT molecular complexity index is 530. The van der Waals surface area contributed by atoms with Crippen molar-refractivity contribution in [3.05, 3.63) is 30.3 Å². The number of likely N-dealkylation sites (tertiary alicyclic amines) is 1. The molecule has 0 aliphatic carbocycles. The molecule has 1 aliphatic heterocycles. The Kier molecular flexibility index (Phi) is 10.0. The summed E-state index contributed by atoms with van der Waals surface area (Å²) in [5.74, 6) is 1.02. The molecule has 6 nitrogen and oxygen atoms in total. The van der Waals surface area contributed by atoms with Crippen LogP contribution in [-0.4, -0.2) is 77.1 Å². The van der Waals surface area contributed by atoms with E-state index >= 15 is 0 Å². The van der Waals surface area contributed by atoms with Gasteiger partial charge in [-0.15, -0.1) is 0 Å². The zero-order valence-electron chi connectivity index (χ0n) is 17.2. The van der Waals surface area contributed by atoms with Crippen LogP contribution >= 0.6 is 0 Å². The number of piperidine rings is 1. The Labute approximate surface area is 164 Å². The van der Waals surface area contributed by atoms with Gasteiger partial charge in [0.25, 0.3) is 0 Å². The second kappa shape index (κ2) is 12.6. The lowest BCUT2D eigenvalue weighted by Gasteiger charge is -2.34. The van der Waals surface area contributed by atoms with Crippen LogP contribution in [0.3, 0.4) is 0 Å². The molecule has 0 saturated carbocycles. The Balaban J connectivity index is 1.76. The second-order valence-electron chi connectivity index (χ2n) is 6.90. The fraction of sp³-hybridized carbons (Fsp3) is 0.667. The van der Waals surface area contributed by atoms with E-state index in [-0.39, 0.29) is 0 Å². The van der Waals surface area contributed by atoms with E-state index in [9.17, 15) is 0 Å². The van der Waals surface area contributed by atoms with Gasteiger partial charge in [0.15, 0.2) is 5.96 Å². The summed E-state index contributed by atoms with van der Waals surface area (Å²) in [6.07, 6.45) is 3.45. The van der Waals surface area contributed by atoms with Gasteiger partial charge in [-0.05, 0) is 38.3 Å². The van der Waals surface area contributed by atoms with Gasteiger partial charge in [-0.2, -0.15) is 0 Å². The lowest BCUT2D eigenvalue weighted by Crippen LogP contribution is -2.47. The van der Waals surface area contributed by atoms with Crippen molar-refractivity contribution in [1.29, 1.82) is 0 Å². The summed E-state index contributed by atoms with van der Waals surface area (Å²) < 4.78 is 11.0. The van der Waals surface area contributed by atoms with Gasteiger partial charge in [0.1, 0.15) is 0 Å². The normalized spacial score (nSPS) is 15.8. The number of guanidine groups is 1. The third kappa shape index (κ3) is 7.77. The van der Waals surface area contributed by atoms with Gasteiger partial charge in [0.05, 0.1) is 12.6 Å². The monoisotopic (exact) mass is 376 g/mol. The fourth-order valence-corrected chi connectivity index (χ4v) is 3.23. The van der Waals surface area contributed by atoms with E-state index in [2.05, 4.69) is 53.4 Å². The van der Waals surface area contributed by atoms with Crippen LogP contribution in [0.1, 0.15) is 26.2 Å². The first-order valence-electron chi connectivity index (χ1n) is 10.1. The van der Waals surface area contributed by atoms with Gasteiger partial charge in [-0.3, -0.25) is 4.99 Å². The molecule has 1 N–H and O–H groups in total. The molecule has 0 atom stereocenters. The highest BCUT2D eigenvalue weighted by molar-refractivity contribution is 5.80. The SMILES string of the molecule is CCNC(=NCCN(C)c1ccccc1)N1CCC(OCCCOC)CC1. The van der Waals surface area contributed by atoms with Crippen LogP contribution in [-0.2, 0) is 9.47 Å². The van der Waals surface area contributed by atoms with Gasteiger partial charge in [0, 0.05) is 59.2 Å². The Morgan fingerprint density at radius 3 is 2.63 bits per heavy atom. The first kappa shape index (κ1) is 21.5. The second-order valence-corrected chi connectivity index (χ2v) is 6.90. The molecule has 0 unspecified atom stereocenters. The Morgan fingerprint density at radius 1 is 1.22 bits per heavy atom. The van der Waals surface area contributed by atoms with Gasteiger partial charge in [0.2, 0.25) is 0 Å². The van der Waals surface area contributed by atoms with E-state index < -0.39 is 0 Å². The van der Waals surface area contributed by atoms with Crippen molar-refractivity contribution < 1.29 is 9.47 Å². The molecule has 0 aromatic heterocycles. The van der Waals surface area contributed by atoms with E-state index in [1.54, 1.807) is 7.11 Å². The third-order valence-electron chi connectivity index (χ3n) is 4.82. The quantitative estimate of drug-likeness (QED) is 0.386. The molecule has 1 aromatic carbocycles. The van der Waals surface area contributed by atoms with Crippen molar-refractivity contribution in [3.8, 4) is 0 Å². The summed E-state index contributed by atoms with van der Waals surface area (Å²) >= 11 is 0.